The molecular weight excluding hydrogens is 617 g/mol. The molecule has 2 aliphatic rings. The van der Waals surface area contributed by atoms with E-state index in [4.69, 9.17) is 0 Å². The van der Waals surface area contributed by atoms with Gasteiger partial charge in [0.15, 0.2) is 5.78 Å². The van der Waals surface area contributed by atoms with Gasteiger partial charge in [-0.05, 0) is 183 Å². The van der Waals surface area contributed by atoms with Gasteiger partial charge in [-0.3, -0.25) is 4.79 Å². The van der Waals surface area contributed by atoms with E-state index in [-0.39, 0.29) is 5.78 Å². The molecule has 0 unspecified atom stereocenters. The Balaban J connectivity index is 1.71. The van der Waals surface area contributed by atoms with E-state index in [2.05, 4.69) is 97.9 Å². The Morgan fingerprint density at radius 3 is 1.31 bits per heavy atom. The van der Waals surface area contributed by atoms with Gasteiger partial charge < -0.3 is 0 Å². The minimum Gasteiger partial charge on any atom is -0.289 e. The molecule has 0 aromatic heterocycles. The molecule has 1 heteroatoms. The number of rotatable bonds is 21. The maximum atomic E-state index is 13.1. The monoisotopic (exact) mass is 691 g/mol. The molecule has 0 N–H and O–H groups in total. The fraction of sp³-hybridized carbons (Fsp3) is 0.540. The zero-order valence-corrected chi connectivity index (χ0v) is 34.7. The first-order chi connectivity index (χ1) is 24.4. The lowest BCUT2D eigenvalue weighted by Crippen LogP contribution is -2.18. The second kappa shape index (κ2) is 24.9. The van der Waals surface area contributed by atoms with Crippen molar-refractivity contribution in [1.82, 2.24) is 0 Å². The Morgan fingerprint density at radius 2 is 0.961 bits per heavy atom. The molecule has 0 amide bonds. The van der Waals surface area contributed by atoms with Crippen LogP contribution < -0.4 is 0 Å². The number of hydrogen-bond donors (Lipinski definition) is 0. The molecule has 0 bridgehead atoms. The predicted octanol–water partition coefficient (Wildman–Crippen LogP) is 16.0. The summed E-state index contributed by atoms with van der Waals surface area (Å²) in [6, 6.07) is 0. The molecule has 1 saturated carbocycles. The maximum absolute atomic E-state index is 13.1. The first-order valence-electron chi connectivity index (χ1n) is 20.3. The molecule has 0 spiro atoms. The summed E-state index contributed by atoms with van der Waals surface area (Å²) in [7, 11) is 0. The van der Waals surface area contributed by atoms with Crippen LogP contribution in [-0.2, 0) is 4.79 Å². The van der Waals surface area contributed by atoms with Gasteiger partial charge in [0.2, 0.25) is 0 Å². The molecule has 0 aliphatic heterocycles. The van der Waals surface area contributed by atoms with Crippen LogP contribution in [0.1, 0.15) is 178 Å². The van der Waals surface area contributed by atoms with Crippen molar-refractivity contribution in [1.29, 1.82) is 0 Å². The average molecular weight is 691 g/mol. The van der Waals surface area contributed by atoms with Gasteiger partial charge in [-0.2, -0.15) is 0 Å². The highest BCUT2D eigenvalue weighted by molar-refractivity contribution is 6.10. The van der Waals surface area contributed by atoms with E-state index in [0.29, 0.717) is 0 Å². The summed E-state index contributed by atoms with van der Waals surface area (Å²) < 4.78 is 0. The largest absolute Gasteiger partial charge is 0.289 e. The Morgan fingerprint density at radius 1 is 0.569 bits per heavy atom. The SMILES string of the molecule is C/C=C\C=C1/CC(=C2CCC2)C(C/C=C(\C)CC/C=C(\C)CC/C=C(\C)CC/C=C(\C)CC/C=C(\C)CC/C=C(\C)CCC=C(C)C)=C(C)C1=O. The Hall–Kier alpha value is -3.19. The van der Waals surface area contributed by atoms with Crippen LogP contribution in [0.25, 0.3) is 0 Å². The Kier molecular flexibility index (Phi) is 21.5. The van der Waals surface area contributed by atoms with Crippen LogP contribution in [0.5, 0.6) is 0 Å². The fourth-order valence-corrected chi connectivity index (χ4v) is 6.81. The second-order valence-corrected chi connectivity index (χ2v) is 15.8. The van der Waals surface area contributed by atoms with Gasteiger partial charge in [-0.25, -0.2) is 0 Å². The first kappa shape index (κ1) is 44.0. The molecule has 2 rings (SSSR count). The predicted molar refractivity (Wildman–Crippen MR) is 228 cm³/mol. The van der Waals surface area contributed by atoms with E-state index in [9.17, 15) is 4.79 Å². The third kappa shape index (κ3) is 18.2. The van der Waals surface area contributed by atoms with Crippen molar-refractivity contribution in [2.75, 3.05) is 0 Å². The standard InChI is InChI=1S/C50H74O/c1-11-12-32-47-37-49(46-33-19-34-46)48(45(10)50(47)51)36-35-44(9)31-18-30-43(8)29-17-28-42(7)27-16-26-41(6)25-15-24-40(5)23-14-22-39(4)21-13-20-38(2)3/h11-12,20,22,24,26,28,30,32,35H,13-19,21,23,25,27,29,31,33-34,36-37H2,1-10H3/b12-11-,39-22+,40-24+,41-26+,42-28+,43-30+,44-35+,47-32+. The van der Waals surface area contributed by atoms with Crippen LogP contribution in [0, 0.1) is 0 Å². The Labute approximate surface area is 315 Å². The smallest absolute Gasteiger partial charge is 0.185 e. The van der Waals surface area contributed by atoms with Crippen LogP contribution in [0.4, 0.5) is 0 Å². The van der Waals surface area contributed by atoms with Crippen LogP contribution in [0.15, 0.2) is 128 Å². The van der Waals surface area contributed by atoms with Gasteiger partial charge >= 0.3 is 0 Å². The van der Waals surface area contributed by atoms with Crippen molar-refractivity contribution in [3.05, 3.63) is 128 Å². The third-order valence-corrected chi connectivity index (χ3v) is 10.6. The van der Waals surface area contributed by atoms with E-state index in [1.54, 1.807) is 5.57 Å². The highest BCUT2D eigenvalue weighted by atomic mass is 16.1. The zero-order chi connectivity index (χ0) is 37.6. The minimum atomic E-state index is 0.233. The molecule has 1 nitrogen and oxygen atoms in total. The second-order valence-electron chi connectivity index (χ2n) is 15.8. The number of ketones is 1. The summed E-state index contributed by atoms with van der Waals surface area (Å²) >= 11 is 0. The lowest BCUT2D eigenvalue weighted by Gasteiger charge is -2.29. The molecule has 51 heavy (non-hydrogen) atoms. The quantitative estimate of drug-likeness (QED) is 0.0865. The highest BCUT2D eigenvalue weighted by Crippen LogP contribution is 2.41. The molecule has 0 aromatic carbocycles. The average Bonchev–Trinajstić information content (AvgIpc) is 3.04. The zero-order valence-electron chi connectivity index (χ0n) is 34.7. The van der Waals surface area contributed by atoms with E-state index >= 15 is 0 Å². The van der Waals surface area contributed by atoms with Crippen molar-refractivity contribution in [2.45, 2.75) is 178 Å². The molecular formula is C50H74O. The van der Waals surface area contributed by atoms with Gasteiger partial charge in [0, 0.05) is 17.6 Å². The molecule has 0 atom stereocenters. The van der Waals surface area contributed by atoms with E-state index in [1.807, 2.05) is 32.1 Å². The minimum absolute atomic E-state index is 0.233. The van der Waals surface area contributed by atoms with Crippen LogP contribution >= 0.6 is 0 Å². The lowest BCUT2D eigenvalue weighted by molar-refractivity contribution is -0.112. The van der Waals surface area contributed by atoms with Crippen molar-refractivity contribution in [3.63, 3.8) is 0 Å². The molecule has 0 radical (unpaired) electrons. The normalized spacial score (nSPS) is 18.1. The summed E-state index contributed by atoms with van der Waals surface area (Å²) in [6.45, 7) is 22.1. The number of hydrogen-bond acceptors (Lipinski definition) is 1. The summed E-state index contributed by atoms with van der Waals surface area (Å²) in [6.07, 6.45) is 42.1. The fourth-order valence-electron chi connectivity index (χ4n) is 6.81. The van der Waals surface area contributed by atoms with Gasteiger partial charge in [0.25, 0.3) is 0 Å². The molecule has 1 fully saturated rings. The van der Waals surface area contributed by atoms with Crippen molar-refractivity contribution >= 4 is 5.78 Å². The number of carbonyl (C=O) groups is 1. The molecule has 0 aromatic rings. The summed E-state index contributed by atoms with van der Waals surface area (Å²) in [5.41, 5.74) is 16.6. The number of Topliss-reactive ketones (excluding diaryl/α,β-unsaturated/α-hetero) is 1. The van der Waals surface area contributed by atoms with E-state index in [0.717, 1.165) is 75.4 Å². The van der Waals surface area contributed by atoms with Gasteiger partial charge in [-0.1, -0.05) is 105 Å². The number of carbonyl (C=O) groups excluding carboxylic acids is 1. The summed E-state index contributed by atoms with van der Waals surface area (Å²) in [5, 5.41) is 0. The van der Waals surface area contributed by atoms with E-state index < -0.39 is 0 Å². The van der Waals surface area contributed by atoms with Gasteiger partial charge in [0.1, 0.15) is 0 Å². The van der Waals surface area contributed by atoms with Crippen molar-refractivity contribution in [3.8, 4) is 0 Å². The first-order valence-corrected chi connectivity index (χ1v) is 20.3. The lowest BCUT2D eigenvalue weighted by atomic mass is 9.75. The van der Waals surface area contributed by atoms with Crippen LogP contribution in [0.2, 0.25) is 0 Å². The Bertz CT molecular complexity index is 1480. The van der Waals surface area contributed by atoms with Crippen molar-refractivity contribution < 1.29 is 4.79 Å². The molecule has 280 valence electrons. The summed E-state index contributed by atoms with van der Waals surface area (Å²) in [5.74, 6) is 0.233. The number of allylic oxidation sites excluding steroid dienone is 22. The molecule has 0 saturated heterocycles. The van der Waals surface area contributed by atoms with Gasteiger partial charge in [0.05, 0.1) is 0 Å². The maximum Gasteiger partial charge on any atom is 0.185 e. The van der Waals surface area contributed by atoms with Crippen LogP contribution in [-0.4, -0.2) is 5.78 Å². The summed E-state index contributed by atoms with van der Waals surface area (Å²) in [4.78, 5) is 13.1. The highest BCUT2D eigenvalue weighted by Gasteiger charge is 2.28. The van der Waals surface area contributed by atoms with Crippen LogP contribution in [0.3, 0.4) is 0 Å². The molecule has 2 aliphatic carbocycles. The molecule has 0 heterocycles. The van der Waals surface area contributed by atoms with Gasteiger partial charge in [-0.15, -0.1) is 0 Å². The van der Waals surface area contributed by atoms with Crippen molar-refractivity contribution in [2.24, 2.45) is 0 Å². The topological polar surface area (TPSA) is 17.1 Å². The van der Waals surface area contributed by atoms with E-state index in [1.165, 1.54) is 95.1 Å². The third-order valence-electron chi connectivity index (χ3n) is 10.6.